The number of anilines is 1. The van der Waals surface area contributed by atoms with Gasteiger partial charge >= 0.3 is 0 Å². The summed E-state index contributed by atoms with van der Waals surface area (Å²) in [7, 11) is 4.53. The molecular formula is C34H32ClNO6. The van der Waals surface area contributed by atoms with Gasteiger partial charge in [0.05, 0.1) is 33.4 Å². The summed E-state index contributed by atoms with van der Waals surface area (Å²) in [5, 5.41) is 0.547. The van der Waals surface area contributed by atoms with Gasteiger partial charge in [-0.15, -0.1) is 0 Å². The Labute approximate surface area is 250 Å². The Morgan fingerprint density at radius 3 is 2.00 bits per heavy atom. The van der Waals surface area contributed by atoms with Gasteiger partial charge in [0.25, 0.3) is 0 Å². The number of nitrogens with zero attached hydrogens (tertiary/aromatic N) is 1. The molecule has 3 atom stereocenters. The maximum absolute atomic E-state index is 14.8. The molecule has 42 heavy (non-hydrogen) atoms. The Kier molecular flexibility index (Phi) is 6.50. The van der Waals surface area contributed by atoms with Gasteiger partial charge in [-0.3, -0.25) is 14.4 Å². The van der Waals surface area contributed by atoms with Crippen molar-refractivity contribution in [3.05, 3.63) is 87.9 Å². The first kappa shape index (κ1) is 28.0. The number of ether oxygens (including phenoxy) is 3. The lowest BCUT2D eigenvalue weighted by Crippen LogP contribution is -2.49. The van der Waals surface area contributed by atoms with Gasteiger partial charge in [-0.05, 0) is 41.5 Å². The number of methoxy groups -OCH3 is 3. The monoisotopic (exact) mass is 585 g/mol. The fourth-order valence-electron chi connectivity index (χ4n) is 7.05. The molecule has 0 radical (unpaired) electrons. The number of halogens is 1. The summed E-state index contributed by atoms with van der Waals surface area (Å²) in [6.45, 7) is 5.57. The molecule has 1 aliphatic carbocycles. The molecule has 0 unspecified atom stereocenters. The Morgan fingerprint density at radius 1 is 0.881 bits per heavy atom. The number of rotatable bonds is 5. The molecule has 2 aliphatic heterocycles. The highest BCUT2D eigenvalue weighted by Crippen LogP contribution is 2.62. The minimum atomic E-state index is -1.63. The Balaban J connectivity index is 1.73. The van der Waals surface area contributed by atoms with Crippen molar-refractivity contribution in [1.29, 1.82) is 0 Å². The first-order valence-electron chi connectivity index (χ1n) is 13.8. The summed E-state index contributed by atoms with van der Waals surface area (Å²) < 4.78 is 17.0. The quantitative estimate of drug-likeness (QED) is 0.320. The zero-order chi connectivity index (χ0) is 30.1. The van der Waals surface area contributed by atoms with E-state index < -0.39 is 28.8 Å². The van der Waals surface area contributed by atoms with E-state index in [0.717, 1.165) is 11.3 Å². The normalized spacial score (nSPS) is 21.7. The van der Waals surface area contributed by atoms with Crippen LogP contribution >= 0.6 is 11.6 Å². The molecule has 1 saturated heterocycles. The molecule has 8 heteroatoms. The molecule has 0 aromatic heterocycles. The third-order valence-corrected chi connectivity index (χ3v) is 9.05. The summed E-state index contributed by atoms with van der Waals surface area (Å²) in [4.78, 5) is 46.2. The number of benzene rings is 3. The van der Waals surface area contributed by atoms with Crippen LogP contribution in [0.25, 0.3) is 6.08 Å². The first-order chi connectivity index (χ1) is 20.0. The number of ketones is 3. The summed E-state index contributed by atoms with van der Waals surface area (Å²) in [6, 6.07) is 14.3. The second-order valence-corrected chi connectivity index (χ2v) is 12.4. The average Bonchev–Trinajstić information content (AvgIpc) is 3.41. The lowest BCUT2D eigenvalue weighted by molar-refractivity contribution is -0.127. The standard InChI is InChI=1S/C34H32ClNO6/c1-33(2,3)32(39)28-27(19-16-24(40-4)29(42-6)25(17-19)41-5)34(30(37)21-9-7-8-10-22(21)31(34)38)26-14-11-18-15-20(35)12-13-23(18)36(26)28/h7-17,26-28H,1-6H3/t26-,27-,28-/m1/s1. The maximum Gasteiger partial charge on any atom is 0.203 e. The minimum absolute atomic E-state index is 0.101. The molecule has 216 valence electrons. The van der Waals surface area contributed by atoms with Gasteiger partial charge in [-0.2, -0.15) is 0 Å². The van der Waals surface area contributed by atoms with Gasteiger partial charge in [0.2, 0.25) is 5.75 Å². The van der Waals surface area contributed by atoms with E-state index in [9.17, 15) is 14.4 Å². The zero-order valence-corrected chi connectivity index (χ0v) is 25.1. The third kappa shape index (κ3) is 3.69. The topological polar surface area (TPSA) is 82.1 Å². The van der Waals surface area contributed by atoms with E-state index in [2.05, 4.69) is 0 Å². The molecule has 1 fully saturated rings. The molecule has 3 aliphatic rings. The predicted molar refractivity (Wildman–Crippen MR) is 161 cm³/mol. The summed E-state index contributed by atoms with van der Waals surface area (Å²) in [6.07, 6.45) is 3.77. The van der Waals surface area contributed by atoms with Crippen molar-refractivity contribution in [3.8, 4) is 17.2 Å². The summed E-state index contributed by atoms with van der Waals surface area (Å²) in [5.74, 6) is -0.484. The van der Waals surface area contributed by atoms with E-state index in [-0.39, 0.29) is 17.3 Å². The van der Waals surface area contributed by atoms with Crippen LogP contribution in [0, 0.1) is 10.8 Å². The number of hydrogen-bond donors (Lipinski definition) is 0. The minimum Gasteiger partial charge on any atom is -0.493 e. The molecule has 0 bridgehead atoms. The lowest BCUT2D eigenvalue weighted by Gasteiger charge is -2.38. The first-order valence-corrected chi connectivity index (χ1v) is 14.2. The van der Waals surface area contributed by atoms with Crippen molar-refractivity contribution < 1.29 is 28.6 Å². The van der Waals surface area contributed by atoms with Crippen LogP contribution in [-0.2, 0) is 4.79 Å². The average molecular weight is 586 g/mol. The van der Waals surface area contributed by atoms with Gasteiger partial charge in [0.15, 0.2) is 28.8 Å². The van der Waals surface area contributed by atoms with Crippen LogP contribution in [0.4, 0.5) is 5.69 Å². The molecule has 3 aromatic carbocycles. The van der Waals surface area contributed by atoms with Crippen LogP contribution in [0.2, 0.25) is 5.02 Å². The SMILES string of the molecule is COc1cc([C@@H]2[C@H](C(=O)C(C)(C)C)N3c4ccc(Cl)cc4C=C[C@@H]3C23C(=O)c2ccccc2C3=O)cc(OC)c1OC. The smallest absolute Gasteiger partial charge is 0.203 e. The molecular weight excluding hydrogens is 554 g/mol. The number of fused-ring (bicyclic) bond motifs is 5. The van der Waals surface area contributed by atoms with Gasteiger partial charge in [-0.25, -0.2) is 0 Å². The van der Waals surface area contributed by atoms with Crippen LogP contribution in [0.1, 0.15) is 58.5 Å². The fraction of sp³-hybridized carbons (Fsp3) is 0.324. The van der Waals surface area contributed by atoms with Crippen molar-refractivity contribution in [1.82, 2.24) is 0 Å². The van der Waals surface area contributed by atoms with Crippen LogP contribution in [0.15, 0.2) is 60.7 Å². The van der Waals surface area contributed by atoms with Crippen molar-refractivity contribution >= 4 is 40.7 Å². The van der Waals surface area contributed by atoms with Crippen molar-refractivity contribution in [2.45, 2.75) is 38.8 Å². The van der Waals surface area contributed by atoms with Crippen LogP contribution in [0.3, 0.4) is 0 Å². The van der Waals surface area contributed by atoms with E-state index in [1.54, 1.807) is 42.5 Å². The Bertz CT molecular complexity index is 1630. The second kappa shape index (κ2) is 9.73. The molecule has 6 rings (SSSR count). The molecule has 3 aromatic rings. The van der Waals surface area contributed by atoms with Crippen molar-refractivity contribution in [3.63, 3.8) is 0 Å². The highest BCUT2D eigenvalue weighted by Gasteiger charge is 2.72. The molecule has 7 nitrogen and oxygen atoms in total. The van der Waals surface area contributed by atoms with Crippen LogP contribution < -0.4 is 19.1 Å². The Hall–Kier alpha value is -4.10. The van der Waals surface area contributed by atoms with Gasteiger partial charge in [0, 0.05) is 33.2 Å². The zero-order valence-electron chi connectivity index (χ0n) is 24.4. The Morgan fingerprint density at radius 2 is 1.48 bits per heavy atom. The van der Waals surface area contributed by atoms with Gasteiger partial charge < -0.3 is 19.1 Å². The number of carbonyl (C=O) groups excluding carboxylic acids is 3. The predicted octanol–water partition coefficient (Wildman–Crippen LogP) is 6.41. The molecule has 0 saturated carbocycles. The number of hydrogen-bond acceptors (Lipinski definition) is 7. The van der Waals surface area contributed by atoms with E-state index in [4.69, 9.17) is 25.8 Å². The summed E-state index contributed by atoms with van der Waals surface area (Å²) >= 11 is 6.37. The lowest BCUT2D eigenvalue weighted by atomic mass is 9.63. The highest BCUT2D eigenvalue weighted by molar-refractivity contribution is 6.32. The van der Waals surface area contributed by atoms with E-state index >= 15 is 0 Å². The van der Waals surface area contributed by atoms with E-state index in [1.165, 1.54) is 21.3 Å². The van der Waals surface area contributed by atoms with Crippen LogP contribution in [-0.4, -0.2) is 50.8 Å². The molecule has 0 N–H and O–H groups in total. The van der Waals surface area contributed by atoms with E-state index in [1.807, 2.05) is 50.0 Å². The van der Waals surface area contributed by atoms with Gasteiger partial charge in [0.1, 0.15) is 5.41 Å². The highest BCUT2D eigenvalue weighted by atomic mass is 35.5. The third-order valence-electron chi connectivity index (χ3n) is 8.82. The number of carbonyl (C=O) groups is 3. The van der Waals surface area contributed by atoms with Crippen LogP contribution in [0.5, 0.6) is 17.2 Å². The molecule has 1 spiro atoms. The largest absolute Gasteiger partial charge is 0.493 e. The molecule has 2 heterocycles. The molecule has 0 amide bonds. The van der Waals surface area contributed by atoms with Gasteiger partial charge in [-0.1, -0.05) is 68.8 Å². The van der Waals surface area contributed by atoms with E-state index in [0.29, 0.717) is 39.0 Å². The van der Waals surface area contributed by atoms with Crippen molar-refractivity contribution in [2.75, 3.05) is 26.2 Å². The maximum atomic E-state index is 14.8. The van der Waals surface area contributed by atoms with Crippen molar-refractivity contribution in [2.24, 2.45) is 10.8 Å². The fourth-order valence-corrected chi connectivity index (χ4v) is 7.23. The second-order valence-electron chi connectivity index (χ2n) is 12.0. The number of Topliss-reactive ketones (excluding diaryl/α,β-unsaturated/α-hetero) is 3. The summed E-state index contributed by atoms with van der Waals surface area (Å²) in [5.41, 5.74) is 0.401.